The van der Waals surface area contributed by atoms with Crippen LogP contribution in [-0.4, -0.2) is 62.3 Å². The first-order valence-electron chi connectivity index (χ1n) is 5.52. The summed E-state index contributed by atoms with van der Waals surface area (Å²) in [5, 5.41) is 31.6. The Balaban J connectivity index is 2.26. The Kier molecular flexibility index (Phi) is 3.75. The molecule has 4 N–H and O–H groups in total. The smallest absolute Gasteiger partial charge is 0.247 e. The van der Waals surface area contributed by atoms with Crippen molar-refractivity contribution >= 4 is 18.5 Å². The van der Waals surface area contributed by atoms with Gasteiger partial charge in [0.25, 0.3) is 0 Å². The monoisotopic (exact) mass is 286 g/mol. The molecule has 104 valence electrons. The number of hydrogen-bond acceptors (Lipinski definition) is 7. The zero-order valence-electron chi connectivity index (χ0n) is 9.80. The van der Waals surface area contributed by atoms with Crippen LogP contribution in [0.1, 0.15) is 0 Å². The number of amides is 1. The van der Waals surface area contributed by atoms with E-state index in [0.717, 1.165) is 0 Å². The summed E-state index contributed by atoms with van der Waals surface area (Å²) in [4.78, 5) is 12.5. The van der Waals surface area contributed by atoms with Gasteiger partial charge in [0.15, 0.2) is 11.8 Å². The summed E-state index contributed by atoms with van der Waals surface area (Å²) in [7, 11) is 0. The van der Waals surface area contributed by atoms with Crippen molar-refractivity contribution in [3.05, 3.63) is 12.3 Å². The van der Waals surface area contributed by atoms with Gasteiger partial charge in [-0.1, -0.05) is 5.92 Å². The van der Waals surface area contributed by atoms with Crippen LogP contribution in [0.15, 0.2) is 12.3 Å². The molecular formula is C11H14N2O5S. The van der Waals surface area contributed by atoms with Gasteiger partial charge < -0.3 is 30.3 Å². The molecule has 3 unspecified atom stereocenters. The summed E-state index contributed by atoms with van der Waals surface area (Å²) >= 11 is 4.13. The van der Waals surface area contributed by atoms with Crippen molar-refractivity contribution in [1.82, 2.24) is 10.2 Å². The van der Waals surface area contributed by atoms with Gasteiger partial charge in [-0.05, 0) is 0 Å². The molecule has 2 rings (SSSR count). The summed E-state index contributed by atoms with van der Waals surface area (Å²) < 4.78 is 5.41. The van der Waals surface area contributed by atoms with Gasteiger partial charge in [-0.25, -0.2) is 0 Å². The Labute approximate surface area is 115 Å². The molecule has 8 heteroatoms. The topological polar surface area (TPSA) is 102 Å². The van der Waals surface area contributed by atoms with Gasteiger partial charge in [0, 0.05) is 12.3 Å². The Morgan fingerprint density at radius 3 is 2.79 bits per heavy atom. The van der Waals surface area contributed by atoms with Crippen molar-refractivity contribution in [2.75, 3.05) is 6.61 Å². The van der Waals surface area contributed by atoms with Gasteiger partial charge in [-0.2, -0.15) is 0 Å². The van der Waals surface area contributed by atoms with Gasteiger partial charge in [0.2, 0.25) is 5.91 Å². The lowest BCUT2D eigenvalue weighted by atomic mass is 9.97. The highest BCUT2D eigenvalue weighted by Crippen LogP contribution is 2.34. The highest BCUT2D eigenvalue weighted by molar-refractivity contribution is 7.80. The second-order valence-corrected chi connectivity index (χ2v) is 4.77. The Bertz CT molecular complexity index is 451. The normalized spacial score (nSPS) is 42.1. The molecule has 0 aromatic carbocycles. The largest absolute Gasteiger partial charge is 0.392 e. The number of aliphatic hydroxyl groups excluding tert-OH is 3. The fraction of sp³-hybridized carbons (Fsp3) is 0.545. The lowest BCUT2D eigenvalue weighted by molar-refractivity contribution is -0.128. The molecule has 1 saturated heterocycles. The number of carbonyl (C=O) groups excluding carboxylic acids is 1. The Hall–Kier alpha value is -1.24. The van der Waals surface area contributed by atoms with E-state index in [1.165, 1.54) is 17.2 Å². The van der Waals surface area contributed by atoms with Gasteiger partial charge >= 0.3 is 0 Å². The van der Waals surface area contributed by atoms with Crippen LogP contribution in [0.3, 0.4) is 0 Å². The molecular weight excluding hydrogens is 272 g/mol. The van der Waals surface area contributed by atoms with E-state index in [1.54, 1.807) is 0 Å². The van der Waals surface area contributed by atoms with Crippen LogP contribution in [0.2, 0.25) is 0 Å². The van der Waals surface area contributed by atoms with Gasteiger partial charge in [-0.15, -0.1) is 19.1 Å². The molecule has 2 aliphatic rings. The highest BCUT2D eigenvalue weighted by Gasteiger charge is 2.55. The van der Waals surface area contributed by atoms with Gasteiger partial charge in [0.05, 0.1) is 6.61 Å². The van der Waals surface area contributed by atoms with Crippen molar-refractivity contribution in [3.63, 3.8) is 0 Å². The van der Waals surface area contributed by atoms with Crippen LogP contribution in [0, 0.1) is 12.3 Å². The molecule has 0 saturated carbocycles. The van der Waals surface area contributed by atoms with Crippen molar-refractivity contribution in [1.29, 1.82) is 0 Å². The van der Waals surface area contributed by atoms with E-state index in [-0.39, 0.29) is 5.91 Å². The maximum absolute atomic E-state index is 11.1. The molecule has 2 aliphatic heterocycles. The van der Waals surface area contributed by atoms with E-state index >= 15 is 0 Å². The van der Waals surface area contributed by atoms with Crippen LogP contribution in [0.4, 0.5) is 0 Å². The Morgan fingerprint density at radius 2 is 2.32 bits per heavy atom. The van der Waals surface area contributed by atoms with E-state index in [1.807, 2.05) is 0 Å². The second-order valence-electron chi connectivity index (χ2n) is 4.28. The first-order valence-corrected chi connectivity index (χ1v) is 6.03. The van der Waals surface area contributed by atoms with Crippen LogP contribution < -0.4 is 5.32 Å². The number of ether oxygens (including phenoxy) is 1. The fourth-order valence-corrected chi connectivity index (χ4v) is 2.36. The number of nitrogens with zero attached hydrogens (tertiary/aromatic N) is 1. The highest BCUT2D eigenvalue weighted by atomic mass is 32.1. The summed E-state index contributed by atoms with van der Waals surface area (Å²) in [5.41, 5.74) is -2.41. The quantitative estimate of drug-likeness (QED) is 0.286. The lowest BCUT2D eigenvalue weighted by Crippen LogP contribution is -2.53. The predicted octanol–water partition coefficient (Wildman–Crippen LogP) is -2.41. The molecule has 5 atom stereocenters. The molecule has 0 spiro atoms. The molecule has 0 bridgehead atoms. The van der Waals surface area contributed by atoms with Crippen LogP contribution in [0.5, 0.6) is 0 Å². The maximum Gasteiger partial charge on any atom is 0.247 e. The minimum absolute atomic E-state index is 0.338. The zero-order chi connectivity index (χ0) is 14.2. The summed E-state index contributed by atoms with van der Waals surface area (Å²) in [5.74, 6) is 1.82. The average Bonchev–Trinajstić information content (AvgIpc) is 2.64. The van der Waals surface area contributed by atoms with E-state index in [4.69, 9.17) is 11.2 Å². The van der Waals surface area contributed by atoms with Crippen molar-refractivity contribution < 1.29 is 24.9 Å². The standard InChI is InChI=1S/C11H14N2O5S/c1-2-11(5-14)8(17)7(16)9(18-11)13-4-3-6(15)12-10(13)19/h1,3-4,7-10,14,16-17,19H,5H2,(H,12,15)/t7?,8?,9-,10?,11-/m1/s1. The van der Waals surface area contributed by atoms with Crippen LogP contribution in [-0.2, 0) is 9.53 Å². The molecule has 0 aromatic heterocycles. The summed E-state index contributed by atoms with van der Waals surface area (Å²) in [6.07, 6.45) is 4.03. The maximum atomic E-state index is 11.1. The average molecular weight is 286 g/mol. The molecule has 0 aliphatic carbocycles. The second kappa shape index (κ2) is 5.03. The molecule has 2 heterocycles. The van der Waals surface area contributed by atoms with E-state index in [0.29, 0.717) is 0 Å². The number of aliphatic hydroxyl groups is 3. The molecule has 0 radical (unpaired) electrons. The molecule has 7 nitrogen and oxygen atoms in total. The van der Waals surface area contributed by atoms with Crippen LogP contribution in [0.25, 0.3) is 0 Å². The first kappa shape index (κ1) is 14.2. The first-order chi connectivity index (χ1) is 8.95. The fourth-order valence-electron chi connectivity index (χ4n) is 2.03. The van der Waals surface area contributed by atoms with E-state index in [2.05, 4.69) is 23.9 Å². The molecule has 0 aromatic rings. The van der Waals surface area contributed by atoms with Crippen molar-refractivity contribution in [2.24, 2.45) is 0 Å². The number of nitrogens with one attached hydrogen (secondary N) is 1. The summed E-state index contributed by atoms with van der Waals surface area (Å²) in [6.45, 7) is -0.640. The van der Waals surface area contributed by atoms with Crippen molar-refractivity contribution in [2.45, 2.75) is 29.5 Å². The predicted molar refractivity (Wildman–Crippen MR) is 67.4 cm³/mol. The van der Waals surface area contributed by atoms with E-state index < -0.39 is 36.1 Å². The third kappa shape index (κ3) is 2.20. The third-order valence-electron chi connectivity index (χ3n) is 3.15. The number of terminal acetylenes is 1. The third-order valence-corrected chi connectivity index (χ3v) is 3.55. The van der Waals surface area contributed by atoms with Crippen LogP contribution >= 0.6 is 12.6 Å². The Morgan fingerprint density at radius 1 is 1.63 bits per heavy atom. The van der Waals surface area contributed by atoms with Crippen molar-refractivity contribution in [3.8, 4) is 12.3 Å². The minimum atomic E-state index is -1.67. The number of rotatable bonds is 2. The number of thiol groups is 1. The van der Waals surface area contributed by atoms with Gasteiger partial charge in [-0.3, -0.25) is 4.79 Å². The SMILES string of the molecule is C#C[C@]1(CO)O[C@@H](N2C=CC(=O)NC2S)C(O)C1O. The minimum Gasteiger partial charge on any atom is -0.392 e. The number of carbonyl (C=O) groups is 1. The summed E-state index contributed by atoms with van der Waals surface area (Å²) in [6, 6.07) is 0. The number of hydrogen-bond donors (Lipinski definition) is 5. The van der Waals surface area contributed by atoms with E-state index in [9.17, 15) is 20.1 Å². The zero-order valence-corrected chi connectivity index (χ0v) is 10.7. The van der Waals surface area contributed by atoms with Gasteiger partial charge in [0.1, 0.15) is 17.7 Å². The molecule has 19 heavy (non-hydrogen) atoms. The molecule has 1 amide bonds. The lowest BCUT2D eigenvalue weighted by Gasteiger charge is -2.36. The molecule has 1 fully saturated rings.